The molecule has 6 nitrogen and oxygen atoms in total. The summed E-state index contributed by atoms with van der Waals surface area (Å²) in [4.78, 5) is 4.26. The van der Waals surface area contributed by atoms with Crippen molar-refractivity contribution in [2.24, 2.45) is 0 Å². The second-order valence-electron chi connectivity index (χ2n) is 5.18. The minimum Gasteiger partial charge on any atom is -0.478 e. The van der Waals surface area contributed by atoms with Crippen LogP contribution in [0.15, 0.2) is 41.1 Å². The molecule has 0 aliphatic heterocycles. The van der Waals surface area contributed by atoms with Gasteiger partial charge in [-0.05, 0) is 32.0 Å². The molecule has 0 radical (unpaired) electrons. The van der Waals surface area contributed by atoms with Crippen molar-refractivity contribution >= 4 is 0 Å². The number of hydrogen-bond acceptors (Lipinski definition) is 5. The Hall–Kier alpha value is -2.60. The van der Waals surface area contributed by atoms with E-state index in [1.807, 2.05) is 44.3 Å². The van der Waals surface area contributed by atoms with Crippen LogP contribution < -0.4 is 10.1 Å². The lowest BCUT2D eigenvalue weighted by Crippen LogP contribution is -2.14. The molecule has 3 aromatic rings. The van der Waals surface area contributed by atoms with Gasteiger partial charge in [-0.1, -0.05) is 6.07 Å². The highest BCUT2D eigenvalue weighted by Crippen LogP contribution is 2.23. The van der Waals surface area contributed by atoms with E-state index < -0.39 is 0 Å². The van der Waals surface area contributed by atoms with Gasteiger partial charge in [0.25, 0.3) is 0 Å². The predicted octanol–water partition coefficient (Wildman–Crippen LogP) is 3.06. The van der Waals surface area contributed by atoms with Crippen LogP contribution in [-0.2, 0) is 13.1 Å². The zero-order valence-corrected chi connectivity index (χ0v) is 13.3. The molecule has 0 bridgehead atoms. The van der Waals surface area contributed by atoms with Crippen molar-refractivity contribution in [3.8, 4) is 17.3 Å². The fourth-order valence-corrected chi connectivity index (χ4v) is 2.38. The van der Waals surface area contributed by atoms with E-state index in [4.69, 9.17) is 9.15 Å². The van der Waals surface area contributed by atoms with Crippen molar-refractivity contribution < 1.29 is 9.15 Å². The number of aromatic nitrogens is 3. The first-order chi connectivity index (χ1) is 11.3. The van der Waals surface area contributed by atoms with Gasteiger partial charge >= 0.3 is 0 Å². The molecule has 23 heavy (non-hydrogen) atoms. The molecule has 0 spiro atoms. The topological polar surface area (TPSA) is 76.0 Å². The van der Waals surface area contributed by atoms with E-state index in [9.17, 15) is 0 Å². The summed E-state index contributed by atoms with van der Waals surface area (Å²) >= 11 is 0. The SMILES string of the molecule is CCOc1ncccc1CNCc1cn[nH]c1-c1ccc(C)o1. The highest BCUT2D eigenvalue weighted by atomic mass is 16.5. The molecule has 0 aliphatic rings. The number of rotatable bonds is 7. The standard InChI is InChI=1S/C17H20N4O2/c1-3-22-17-13(5-4-8-19-17)9-18-10-14-11-20-21-16(14)15-7-6-12(2)23-15/h4-8,11,18H,3,9-10H2,1-2H3,(H,20,21). The van der Waals surface area contributed by atoms with Gasteiger partial charge in [-0.3, -0.25) is 5.10 Å². The molecule has 6 heteroatoms. The van der Waals surface area contributed by atoms with Crippen LogP contribution in [0.4, 0.5) is 0 Å². The van der Waals surface area contributed by atoms with Gasteiger partial charge in [-0.25, -0.2) is 4.98 Å². The molecule has 0 amide bonds. The third-order valence-electron chi connectivity index (χ3n) is 3.47. The van der Waals surface area contributed by atoms with E-state index in [0.717, 1.165) is 28.3 Å². The average molecular weight is 312 g/mol. The van der Waals surface area contributed by atoms with Crippen molar-refractivity contribution in [3.63, 3.8) is 0 Å². The maximum absolute atomic E-state index is 5.66. The second kappa shape index (κ2) is 7.11. The molecule has 0 unspecified atom stereocenters. The van der Waals surface area contributed by atoms with E-state index >= 15 is 0 Å². The summed E-state index contributed by atoms with van der Waals surface area (Å²) in [6.45, 7) is 5.83. The fourth-order valence-electron chi connectivity index (χ4n) is 2.38. The van der Waals surface area contributed by atoms with Gasteiger partial charge in [-0.15, -0.1) is 0 Å². The van der Waals surface area contributed by atoms with Crippen LogP contribution in [0.3, 0.4) is 0 Å². The minimum atomic E-state index is 0.605. The molecule has 0 aromatic carbocycles. The van der Waals surface area contributed by atoms with E-state index in [1.165, 1.54) is 0 Å². The van der Waals surface area contributed by atoms with E-state index in [-0.39, 0.29) is 0 Å². The first-order valence-corrected chi connectivity index (χ1v) is 7.64. The summed E-state index contributed by atoms with van der Waals surface area (Å²) in [6, 6.07) is 7.81. The molecular formula is C17H20N4O2. The lowest BCUT2D eigenvalue weighted by atomic mass is 10.2. The summed E-state index contributed by atoms with van der Waals surface area (Å²) in [7, 11) is 0. The van der Waals surface area contributed by atoms with Gasteiger partial charge in [0.15, 0.2) is 5.76 Å². The van der Waals surface area contributed by atoms with Crippen LogP contribution in [0.5, 0.6) is 5.88 Å². The van der Waals surface area contributed by atoms with Crippen LogP contribution in [0.25, 0.3) is 11.5 Å². The monoisotopic (exact) mass is 312 g/mol. The Kier molecular flexibility index (Phi) is 4.73. The van der Waals surface area contributed by atoms with Gasteiger partial charge in [0.1, 0.15) is 11.5 Å². The zero-order valence-electron chi connectivity index (χ0n) is 13.3. The Morgan fingerprint density at radius 1 is 1.22 bits per heavy atom. The van der Waals surface area contributed by atoms with Crippen LogP contribution in [0.1, 0.15) is 23.8 Å². The lowest BCUT2D eigenvalue weighted by Gasteiger charge is -2.09. The Labute approximate surface area is 134 Å². The molecule has 120 valence electrons. The van der Waals surface area contributed by atoms with Gasteiger partial charge in [0.2, 0.25) is 5.88 Å². The molecule has 0 atom stereocenters. The van der Waals surface area contributed by atoms with Crippen molar-refractivity contribution in [1.82, 2.24) is 20.5 Å². The molecule has 3 aromatic heterocycles. The number of pyridine rings is 1. The summed E-state index contributed by atoms with van der Waals surface area (Å²) in [6.07, 6.45) is 3.55. The minimum absolute atomic E-state index is 0.605. The van der Waals surface area contributed by atoms with Gasteiger partial charge in [0, 0.05) is 30.4 Å². The third-order valence-corrected chi connectivity index (χ3v) is 3.47. The van der Waals surface area contributed by atoms with Crippen molar-refractivity contribution in [3.05, 3.63) is 53.5 Å². The van der Waals surface area contributed by atoms with Crippen LogP contribution in [0.2, 0.25) is 0 Å². The van der Waals surface area contributed by atoms with Crippen LogP contribution in [0, 0.1) is 6.92 Å². The number of ether oxygens (including phenoxy) is 1. The van der Waals surface area contributed by atoms with Gasteiger partial charge in [-0.2, -0.15) is 5.10 Å². The molecule has 0 saturated heterocycles. The quantitative estimate of drug-likeness (QED) is 0.701. The Morgan fingerprint density at radius 3 is 2.87 bits per heavy atom. The van der Waals surface area contributed by atoms with E-state index in [2.05, 4.69) is 20.5 Å². The van der Waals surface area contributed by atoms with Crippen molar-refractivity contribution in [2.45, 2.75) is 26.9 Å². The van der Waals surface area contributed by atoms with E-state index in [1.54, 1.807) is 6.20 Å². The van der Waals surface area contributed by atoms with Crippen LogP contribution in [-0.4, -0.2) is 21.8 Å². The molecular weight excluding hydrogens is 292 g/mol. The number of nitrogens with one attached hydrogen (secondary N) is 2. The maximum atomic E-state index is 5.66. The first kappa shape index (κ1) is 15.3. The highest BCUT2D eigenvalue weighted by Gasteiger charge is 2.11. The summed E-state index contributed by atoms with van der Waals surface area (Å²) in [5.74, 6) is 2.36. The summed E-state index contributed by atoms with van der Waals surface area (Å²) in [5, 5.41) is 10.5. The molecule has 3 heterocycles. The Balaban J connectivity index is 1.65. The Bertz CT molecular complexity index is 763. The summed E-state index contributed by atoms with van der Waals surface area (Å²) < 4.78 is 11.2. The number of H-pyrrole nitrogens is 1. The van der Waals surface area contributed by atoms with Crippen molar-refractivity contribution in [1.29, 1.82) is 0 Å². The fraction of sp³-hybridized carbons (Fsp3) is 0.294. The summed E-state index contributed by atoms with van der Waals surface area (Å²) in [5.41, 5.74) is 3.00. The van der Waals surface area contributed by atoms with Crippen LogP contribution >= 0.6 is 0 Å². The number of hydrogen-bond donors (Lipinski definition) is 2. The second-order valence-corrected chi connectivity index (χ2v) is 5.18. The Morgan fingerprint density at radius 2 is 2.09 bits per heavy atom. The maximum Gasteiger partial charge on any atom is 0.217 e. The molecule has 0 fully saturated rings. The third kappa shape index (κ3) is 3.60. The zero-order chi connectivity index (χ0) is 16.1. The normalized spacial score (nSPS) is 10.9. The lowest BCUT2D eigenvalue weighted by molar-refractivity contribution is 0.322. The largest absolute Gasteiger partial charge is 0.478 e. The predicted molar refractivity (Wildman–Crippen MR) is 87.0 cm³/mol. The number of aromatic amines is 1. The number of furan rings is 1. The van der Waals surface area contributed by atoms with Gasteiger partial charge < -0.3 is 14.5 Å². The first-order valence-electron chi connectivity index (χ1n) is 7.64. The number of nitrogens with zero attached hydrogens (tertiary/aromatic N) is 2. The molecule has 0 aliphatic carbocycles. The smallest absolute Gasteiger partial charge is 0.217 e. The molecule has 3 rings (SSSR count). The van der Waals surface area contributed by atoms with Crippen molar-refractivity contribution in [2.75, 3.05) is 6.61 Å². The van der Waals surface area contributed by atoms with Gasteiger partial charge in [0.05, 0.1) is 12.8 Å². The average Bonchev–Trinajstić information content (AvgIpc) is 3.18. The molecule has 2 N–H and O–H groups in total. The van der Waals surface area contributed by atoms with E-state index in [0.29, 0.717) is 25.6 Å². The molecule has 0 saturated carbocycles. The number of aryl methyl sites for hydroxylation is 1. The highest BCUT2D eigenvalue weighted by molar-refractivity contribution is 5.56.